The zero-order chi connectivity index (χ0) is 15.3. The van der Waals surface area contributed by atoms with E-state index in [1.807, 2.05) is 0 Å². The highest BCUT2D eigenvalue weighted by molar-refractivity contribution is 6.17. The van der Waals surface area contributed by atoms with Gasteiger partial charge in [-0.3, -0.25) is 14.9 Å². The molecular weight excluding hydrogens is 294 g/mol. The molecule has 0 aliphatic heterocycles. The number of amides is 1. The smallest absolute Gasteiger partial charge is 0.308 e. The maximum Gasteiger partial charge on any atom is 0.308 e. The standard InChI is InChI=1S/C12H13ClF2N2O3/c1-2-16(5-3-4-13)12(18)9-6-8(14)7-10(11(9)15)17(19)20/h6-7H,2-5H2,1H3. The van der Waals surface area contributed by atoms with Gasteiger partial charge in [-0.05, 0) is 19.4 Å². The molecule has 0 fully saturated rings. The van der Waals surface area contributed by atoms with Crippen molar-refractivity contribution in [1.29, 1.82) is 0 Å². The molecule has 0 N–H and O–H groups in total. The number of benzene rings is 1. The molecule has 5 nitrogen and oxygen atoms in total. The lowest BCUT2D eigenvalue weighted by Crippen LogP contribution is -2.32. The summed E-state index contributed by atoms with van der Waals surface area (Å²) in [6.07, 6.45) is 0.486. The summed E-state index contributed by atoms with van der Waals surface area (Å²) >= 11 is 5.52. The van der Waals surface area contributed by atoms with E-state index in [1.165, 1.54) is 4.90 Å². The molecule has 110 valence electrons. The van der Waals surface area contributed by atoms with Crippen molar-refractivity contribution in [3.63, 3.8) is 0 Å². The number of rotatable bonds is 6. The van der Waals surface area contributed by atoms with Gasteiger partial charge in [0.05, 0.1) is 16.6 Å². The minimum Gasteiger partial charge on any atom is -0.339 e. The SMILES string of the molecule is CCN(CCCCl)C(=O)c1cc(F)cc([N+](=O)[O-])c1F. The molecule has 0 unspecified atom stereocenters. The van der Waals surface area contributed by atoms with Gasteiger partial charge in [0, 0.05) is 19.0 Å². The van der Waals surface area contributed by atoms with Crippen molar-refractivity contribution in [1.82, 2.24) is 4.90 Å². The average molecular weight is 307 g/mol. The second kappa shape index (κ2) is 7.14. The Morgan fingerprint density at radius 2 is 2.10 bits per heavy atom. The van der Waals surface area contributed by atoms with E-state index in [2.05, 4.69) is 0 Å². The molecule has 0 atom stereocenters. The number of halogens is 3. The molecule has 0 bridgehead atoms. The van der Waals surface area contributed by atoms with Crippen molar-refractivity contribution in [2.24, 2.45) is 0 Å². The first-order valence-corrected chi connectivity index (χ1v) is 6.44. The van der Waals surface area contributed by atoms with Crippen LogP contribution < -0.4 is 0 Å². The Kier molecular flexibility index (Phi) is 5.82. The normalized spacial score (nSPS) is 10.4. The summed E-state index contributed by atoms with van der Waals surface area (Å²) in [7, 11) is 0. The van der Waals surface area contributed by atoms with Crippen LogP contribution in [0.5, 0.6) is 0 Å². The van der Waals surface area contributed by atoms with Crippen molar-refractivity contribution in [2.75, 3.05) is 19.0 Å². The third-order valence-corrected chi connectivity index (χ3v) is 2.94. The fourth-order valence-corrected chi connectivity index (χ4v) is 1.81. The highest BCUT2D eigenvalue weighted by atomic mass is 35.5. The minimum absolute atomic E-state index is 0.263. The number of carbonyl (C=O) groups excluding carboxylic acids is 1. The van der Waals surface area contributed by atoms with Gasteiger partial charge in [-0.2, -0.15) is 4.39 Å². The summed E-state index contributed by atoms with van der Waals surface area (Å²) in [5.41, 5.74) is -1.70. The lowest BCUT2D eigenvalue weighted by Gasteiger charge is -2.20. The maximum atomic E-state index is 13.9. The van der Waals surface area contributed by atoms with E-state index in [4.69, 9.17) is 11.6 Å². The molecule has 1 aromatic carbocycles. The predicted molar refractivity (Wildman–Crippen MR) is 69.9 cm³/mol. The Balaban J connectivity index is 3.17. The molecule has 0 heterocycles. The van der Waals surface area contributed by atoms with Crippen LogP contribution in [-0.2, 0) is 0 Å². The third-order valence-electron chi connectivity index (χ3n) is 2.68. The summed E-state index contributed by atoms with van der Waals surface area (Å²) in [4.78, 5) is 22.9. The lowest BCUT2D eigenvalue weighted by molar-refractivity contribution is -0.387. The molecule has 0 radical (unpaired) electrons. The number of nitro groups is 1. The van der Waals surface area contributed by atoms with Gasteiger partial charge in [-0.1, -0.05) is 0 Å². The zero-order valence-electron chi connectivity index (χ0n) is 10.7. The van der Waals surface area contributed by atoms with Crippen LogP contribution in [0.25, 0.3) is 0 Å². The second-order valence-electron chi connectivity index (χ2n) is 3.97. The van der Waals surface area contributed by atoms with E-state index in [0.717, 1.165) is 0 Å². The van der Waals surface area contributed by atoms with Gasteiger partial charge in [-0.15, -0.1) is 11.6 Å². The maximum absolute atomic E-state index is 13.9. The van der Waals surface area contributed by atoms with Crippen molar-refractivity contribution >= 4 is 23.2 Å². The first kappa shape index (κ1) is 16.3. The number of carbonyl (C=O) groups is 1. The summed E-state index contributed by atoms with van der Waals surface area (Å²) in [5, 5.41) is 10.6. The average Bonchev–Trinajstić information content (AvgIpc) is 2.41. The summed E-state index contributed by atoms with van der Waals surface area (Å²) in [6.45, 7) is 2.19. The highest BCUT2D eigenvalue weighted by Gasteiger charge is 2.26. The predicted octanol–water partition coefficient (Wildman–Crippen LogP) is 2.96. The Hall–Kier alpha value is -1.76. The van der Waals surface area contributed by atoms with E-state index in [-0.39, 0.29) is 13.1 Å². The minimum atomic E-state index is -1.33. The molecule has 8 heteroatoms. The fraction of sp³-hybridized carbons (Fsp3) is 0.417. The number of nitro benzene ring substituents is 1. The molecule has 20 heavy (non-hydrogen) atoms. The Bertz CT molecular complexity index is 526. The van der Waals surface area contributed by atoms with Crippen LogP contribution in [0.3, 0.4) is 0 Å². The zero-order valence-corrected chi connectivity index (χ0v) is 11.5. The van der Waals surface area contributed by atoms with Crippen LogP contribution in [0, 0.1) is 21.7 Å². The van der Waals surface area contributed by atoms with Crippen LogP contribution >= 0.6 is 11.6 Å². The van der Waals surface area contributed by atoms with Gasteiger partial charge < -0.3 is 4.90 Å². The largest absolute Gasteiger partial charge is 0.339 e. The molecule has 1 aromatic rings. The fourth-order valence-electron chi connectivity index (χ4n) is 1.69. The van der Waals surface area contributed by atoms with Crippen LogP contribution in [0.4, 0.5) is 14.5 Å². The molecule has 1 amide bonds. The Morgan fingerprint density at radius 3 is 2.60 bits per heavy atom. The molecule has 0 aliphatic carbocycles. The molecule has 0 aromatic heterocycles. The van der Waals surface area contributed by atoms with E-state index in [0.29, 0.717) is 24.4 Å². The first-order chi connectivity index (χ1) is 9.42. The van der Waals surface area contributed by atoms with Gasteiger partial charge in [0.15, 0.2) is 0 Å². The van der Waals surface area contributed by atoms with Crippen molar-refractivity contribution in [3.8, 4) is 0 Å². The number of hydrogen-bond donors (Lipinski definition) is 0. The Labute approximate surface area is 119 Å². The number of hydrogen-bond acceptors (Lipinski definition) is 3. The van der Waals surface area contributed by atoms with Crippen LogP contribution in [0.15, 0.2) is 12.1 Å². The molecule has 0 spiro atoms. The van der Waals surface area contributed by atoms with Crippen LogP contribution in [0.1, 0.15) is 23.7 Å². The lowest BCUT2D eigenvalue weighted by atomic mass is 10.1. The summed E-state index contributed by atoms with van der Waals surface area (Å²) in [6, 6.07) is 1.11. The van der Waals surface area contributed by atoms with E-state index < -0.39 is 33.7 Å². The summed E-state index contributed by atoms with van der Waals surface area (Å²) in [5.74, 6) is -2.84. The van der Waals surface area contributed by atoms with E-state index in [9.17, 15) is 23.7 Å². The van der Waals surface area contributed by atoms with Crippen LogP contribution in [-0.4, -0.2) is 34.7 Å². The Morgan fingerprint density at radius 1 is 1.45 bits per heavy atom. The van der Waals surface area contributed by atoms with E-state index >= 15 is 0 Å². The molecular formula is C12H13ClF2N2O3. The van der Waals surface area contributed by atoms with Gasteiger partial charge in [-0.25, -0.2) is 4.39 Å². The third kappa shape index (κ3) is 3.63. The number of nitrogens with zero attached hydrogens (tertiary/aromatic N) is 2. The quantitative estimate of drug-likeness (QED) is 0.461. The molecule has 0 aliphatic rings. The highest BCUT2D eigenvalue weighted by Crippen LogP contribution is 2.23. The van der Waals surface area contributed by atoms with Crippen molar-refractivity contribution in [3.05, 3.63) is 39.4 Å². The van der Waals surface area contributed by atoms with Crippen molar-refractivity contribution in [2.45, 2.75) is 13.3 Å². The molecule has 0 saturated heterocycles. The van der Waals surface area contributed by atoms with Gasteiger partial charge in [0.2, 0.25) is 5.82 Å². The van der Waals surface area contributed by atoms with E-state index in [1.54, 1.807) is 6.92 Å². The second-order valence-corrected chi connectivity index (χ2v) is 4.35. The van der Waals surface area contributed by atoms with Gasteiger partial charge >= 0.3 is 5.69 Å². The van der Waals surface area contributed by atoms with Crippen molar-refractivity contribution < 1.29 is 18.5 Å². The molecule has 1 rings (SSSR count). The van der Waals surface area contributed by atoms with Gasteiger partial charge in [0.1, 0.15) is 5.82 Å². The molecule has 0 saturated carbocycles. The number of alkyl halides is 1. The van der Waals surface area contributed by atoms with Crippen LogP contribution in [0.2, 0.25) is 0 Å². The monoisotopic (exact) mass is 306 g/mol. The topological polar surface area (TPSA) is 63.5 Å². The first-order valence-electron chi connectivity index (χ1n) is 5.91. The van der Waals surface area contributed by atoms with Gasteiger partial charge in [0.25, 0.3) is 5.91 Å². The summed E-state index contributed by atoms with van der Waals surface area (Å²) < 4.78 is 27.2.